The summed E-state index contributed by atoms with van der Waals surface area (Å²) < 4.78 is 0. The molecule has 3 nitrogen and oxygen atoms in total. The molecule has 19 heavy (non-hydrogen) atoms. The summed E-state index contributed by atoms with van der Waals surface area (Å²) in [6, 6.07) is 13.5. The van der Waals surface area contributed by atoms with Crippen LogP contribution in [0, 0.1) is 0 Å². The molecule has 0 unspecified atom stereocenters. The van der Waals surface area contributed by atoms with E-state index in [0.29, 0.717) is 11.3 Å². The predicted molar refractivity (Wildman–Crippen MR) is 82.4 cm³/mol. The Morgan fingerprint density at radius 3 is 2.53 bits per heavy atom. The highest BCUT2D eigenvalue weighted by molar-refractivity contribution is 7.98. The minimum Gasteiger partial charge on any atom is -0.398 e. The SMILES string of the molecule is CSc1cccc(Nc2ccc(C(C)=O)c(N)c2)c1. The number of anilines is 3. The van der Waals surface area contributed by atoms with E-state index in [9.17, 15) is 4.79 Å². The zero-order chi connectivity index (χ0) is 13.8. The predicted octanol–water partition coefficient (Wildman–Crippen LogP) is 3.94. The fourth-order valence-electron chi connectivity index (χ4n) is 1.83. The fourth-order valence-corrected chi connectivity index (χ4v) is 2.29. The van der Waals surface area contributed by atoms with Crippen molar-refractivity contribution in [1.29, 1.82) is 0 Å². The highest BCUT2D eigenvalue weighted by Gasteiger charge is 2.05. The van der Waals surface area contributed by atoms with E-state index in [1.165, 1.54) is 11.8 Å². The molecular formula is C15H16N2OS. The van der Waals surface area contributed by atoms with Crippen LogP contribution in [0.1, 0.15) is 17.3 Å². The van der Waals surface area contributed by atoms with Crippen molar-refractivity contribution in [2.24, 2.45) is 0 Å². The highest BCUT2D eigenvalue weighted by Crippen LogP contribution is 2.24. The minimum atomic E-state index is -0.0200. The van der Waals surface area contributed by atoms with Crippen LogP contribution in [-0.4, -0.2) is 12.0 Å². The van der Waals surface area contributed by atoms with Gasteiger partial charge in [-0.1, -0.05) is 6.07 Å². The zero-order valence-corrected chi connectivity index (χ0v) is 11.8. The maximum absolute atomic E-state index is 11.3. The van der Waals surface area contributed by atoms with Crippen molar-refractivity contribution in [2.75, 3.05) is 17.3 Å². The molecule has 0 fully saturated rings. The molecule has 0 aliphatic carbocycles. The summed E-state index contributed by atoms with van der Waals surface area (Å²) in [5.74, 6) is -0.0200. The number of nitrogens with one attached hydrogen (secondary N) is 1. The number of nitrogens with two attached hydrogens (primary N) is 1. The average molecular weight is 272 g/mol. The van der Waals surface area contributed by atoms with Crippen molar-refractivity contribution in [3.63, 3.8) is 0 Å². The smallest absolute Gasteiger partial charge is 0.161 e. The van der Waals surface area contributed by atoms with E-state index in [0.717, 1.165) is 11.4 Å². The van der Waals surface area contributed by atoms with Gasteiger partial charge in [0, 0.05) is 27.5 Å². The topological polar surface area (TPSA) is 55.1 Å². The number of thioether (sulfide) groups is 1. The largest absolute Gasteiger partial charge is 0.398 e. The maximum Gasteiger partial charge on any atom is 0.161 e. The summed E-state index contributed by atoms with van der Waals surface area (Å²) in [7, 11) is 0. The lowest BCUT2D eigenvalue weighted by Crippen LogP contribution is -2.00. The van der Waals surface area contributed by atoms with Gasteiger partial charge in [0.15, 0.2) is 5.78 Å². The summed E-state index contributed by atoms with van der Waals surface area (Å²) >= 11 is 1.69. The Bertz CT molecular complexity index is 611. The van der Waals surface area contributed by atoms with Crippen LogP contribution in [0.2, 0.25) is 0 Å². The summed E-state index contributed by atoms with van der Waals surface area (Å²) in [6.07, 6.45) is 2.04. The fraction of sp³-hybridized carbons (Fsp3) is 0.133. The number of carbonyl (C=O) groups is 1. The Kier molecular flexibility index (Phi) is 4.12. The van der Waals surface area contributed by atoms with Gasteiger partial charge in [-0.05, 0) is 49.6 Å². The number of carbonyl (C=O) groups excluding carboxylic acids is 1. The molecule has 2 aromatic rings. The Balaban J connectivity index is 2.23. The lowest BCUT2D eigenvalue weighted by Gasteiger charge is -2.10. The molecule has 0 spiro atoms. The molecule has 0 aliphatic heterocycles. The summed E-state index contributed by atoms with van der Waals surface area (Å²) in [4.78, 5) is 12.5. The second kappa shape index (κ2) is 5.80. The summed E-state index contributed by atoms with van der Waals surface area (Å²) in [5, 5.41) is 3.28. The van der Waals surface area contributed by atoms with Crippen LogP contribution in [0.25, 0.3) is 0 Å². The van der Waals surface area contributed by atoms with Gasteiger partial charge in [-0.25, -0.2) is 0 Å². The first kappa shape index (κ1) is 13.5. The third-order valence-corrected chi connectivity index (χ3v) is 3.51. The van der Waals surface area contributed by atoms with E-state index in [4.69, 9.17) is 5.73 Å². The molecule has 0 amide bonds. The molecule has 3 N–H and O–H groups in total. The van der Waals surface area contributed by atoms with Crippen molar-refractivity contribution >= 4 is 34.6 Å². The van der Waals surface area contributed by atoms with Gasteiger partial charge < -0.3 is 11.1 Å². The maximum atomic E-state index is 11.3. The number of hydrogen-bond acceptors (Lipinski definition) is 4. The van der Waals surface area contributed by atoms with Crippen LogP contribution in [0.3, 0.4) is 0 Å². The van der Waals surface area contributed by atoms with Crippen LogP contribution in [0.15, 0.2) is 47.4 Å². The normalized spacial score (nSPS) is 10.2. The van der Waals surface area contributed by atoms with Gasteiger partial charge in [0.2, 0.25) is 0 Å². The van der Waals surface area contributed by atoms with E-state index < -0.39 is 0 Å². The first-order valence-corrected chi connectivity index (χ1v) is 7.14. The van der Waals surface area contributed by atoms with Crippen molar-refractivity contribution in [3.8, 4) is 0 Å². The van der Waals surface area contributed by atoms with Crippen LogP contribution >= 0.6 is 11.8 Å². The van der Waals surface area contributed by atoms with Gasteiger partial charge >= 0.3 is 0 Å². The van der Waals surface area contributed by atoms with Crippen LogP contribution in [-0.2, 0) is 0 Å². The molecular weight excluding hydrogens is 256 g/mol. The van der Waals surface area contributed by atoms with E-state index in [1.54, 1.807) is 23.9 Å². The first-order chi connectivity index (χ1) is 9.10. The van der Waals surface area contributed by atoms with Crippen LogP contribution < -0.4 is 11.1 Å². The summed E-state index contributed by atoms with van der Waals surface area (Å²) in [6.45, 7) is 1.51. The molecule has 0 saturated heterocycles. The van der Waals surface area contributed by atoms with Crippen molar-refractivity contribution in [1.82, 2.24) is 0 Å². The van der Waals surface area contributed by atoms with Crippen molar-refractivity contribution in [3.05, 3.63) is 48.0 Å². The molecule has 4 heteroatoms. The molecule has 2 rings (SSSR count). The lowest BCUT2D eigenvalue weighted by molar-refractivity contribution is 0.101. The van der Waals surface area contributed by atoms with Gasteiger partial charge in [-0.2, -0.15) is 0 Å². The number of benzene rings is 2. The Morgan fingerprint density at radius 1 is 1.16 bits per heavy atom. The molecule has 0 aliphatic rings. The first-order valence-electron chi connectivity index (χ1n) is 5.91. The van der Waals surface area contributed by atoms with Crippen molar-refractivity contribution in [2.45, 2.75) is 11.8 Å². The average Bonchev–Trinajstić information content (AvgIpc) is 2.38. The van der Waals surface area contributed by atoms with E-state index in [-0.39, 0.29) is 5.78 Å². The third-order valence-electron chi connectivity index (χ3n) is 2.79. The van der Waals surface area contributed by atoms with Gasteiger partial charge in [-0.15, -0.1) is 11.8 Å². The summed E-state index contributed by atoms with van der Waals surface area (Å²) in [5.41, 5.74) is 8.80. The van der Waals surface area contributed by atoms with Crippen molar-refractivity contribution < 1.29 is 4.79 Å². The Labute approximate surface area is 117 Å². The highest BCUT2D eigenvalue weighted by atomic mass is 32.2. The number of ketones is 1. The molecule has 0 heterocycles. The van der Waals surface area contributed by atoms with E-state index >= 15 is 0 Å². The zero-order valence-electron chi connectivity index (χ0n) is 10.9. The Hall–Kier alpha value is -1.94. The molecule has 2 aromatic carbocycles. The second-order valence-corrected chi connectivity index (χ2v) is 5.09. The van der Waals surface area contributed by atoms with Gasteiger partial charge in [0.05, 0.1) is 0 Å². The second-order valence-electron chi connectivity index (χ2n) is 4.22. The molecule has 0 aromatic heterocycles. The standard InChI is InChI=1S/C15H16N2OS/c1-10(18)14-7-6-12(9-15(14)16)17-11-4-3-5-13(8-11)19-2/h3-9,17H,16H2,1-2H3. The van der Waals surface area contributed by atoms with Gasteiger partial charge in [0.1, 0.15) is 0 Å². The van der Waals surface area contributed by atoms with Gasteiger partial charge in [-0.3, -0.25) is 4.79 Å². The minimum absolute atomic E-state index is 0.0200. The number of nitrogen functional groups attached to an aromatic ring is 1. The van der Waals surface area contributed by atoms with Crippen LogP contribution in [0.4, 0.5) is 17.1 Å². The molecule has 0 radical (unpaired) electrons. The lowest BCUT2D eigenvalue weighted by atomic mass is 10.1. The number of hydrogen-bond donors (Lipinski definition) is 2. The number of rotatable bonds is 4. The van der Waals surface area contributed by atoms with Crippen LogP contribution in [0.5, 0.6) is 0 Å². The third kappa shape index (κ3) is 3.29. The number of Topliss-reactive ketones (excluding diaryl/α,β-unsaturated/α-hetero) is 1. The van der Waals surface area contributed by atoms with E-state index in [2.05, 4.69) is 17.4 Å². The molecule has 0 saturated carbocycles. The molecule has 0 atom stereocenters. The quantitative estimate of drug-likeness (QED) is 0.503. The Morgan fingerprint density at radius 2 is 1.89 bits per heavy atom. The van der Waals surface area contributed by atoms with Gasteiger partial charge in [0.25, 0.3) is 0 Å². The monoisotopic (exact) mass is 272 g/mol. The van der Waals surface area contributed by atoms with E-state index in [1.807, 2.05) is 24.5 Å². The molecule has 0 bridgehead atoms. The molecule has 98 valence electrons.